The molecule has 2 rings (SSSR count). The largest absolute Gasteiger partial charge is 0.487 e. The molecule has 0 spiro atoms. The Balaban J connectivity index is 2.13. The second kappa shape index (κ2) is 7.30. The van der Waals surface area contributed by atoms with E-state index in [0.717, 1.165) is 5.56 Å². The van der Waals surface area contributed by atoms with Gasteiger partial charge >= 0.3 is 0 Å². The lowest BCUT2D eigenvalue weighted by molar-refractivity contribution is -0.114. The fourth-order valence-electron chi connectivity index (χ4n) is 1.78. The van der Waals surface area contributed by atoms with E-state index in [0.29, 0.717) is 22.9 Å². The van der Waals surface area contributed by atoms with Crippen LogP contribution in [-0.2, 0) is 11.4 Å². The molecular formula is C17H13ClN2O2. The summed E-state index contributed by atoms with van der Waals surface area (Å²) in [7, 11) is 0. The van der Waals surface area contributed by atoms with E-state index in [-0.39, 0.29) is 5.57 Å². The molecule has 22 heavy (non-hydrogen) atoms. The third-order valence-electron chi connectivity index (χ3n) is 2.89. The van der Waals surface area contributed by atoms with Crippen molar-refractivity contribution in [3.63, 3.8) is 0 Å². The third kappa shape index (κ3) is 4.11. The first-order valence-corrected chi connectivity index (χ1v) is 6.86. The first-order chi connectivity index (χ1) is 10.6. The molecule has 4 nitrogen and oxygen atoms in total. The number of ether oxygens (including phenoxy) is 1. The summed E-state index contributed by atoms with van der Waals surface area (Å²) >= 11 is 6.15. The van der Waals surface area contributed by atoms with Crippen LogP contribution in [0.15, 0.2) is 54.1 Å². The number of hydrogen-bond donors (Lipinski definition) is 1. The molecule has 0 atom stereocenters. The number of nitrogens with two attached hydrogens (primary N) is 1. The van der Waals surface area contributed by atoms with Crippen molar-refractivity contribution in [3.05, 3.63) is 70.3 Å². The maximum Gasteiger partial charge on any atom is 0.259 e. The molecule has 0 bridgehead atoms. The van der Waals surface area contributed by atoms with Gasteiger partial charge in [-0.3, -0.25) is 4.79 Å². The number of halogens is 1. The molecule has 0 aliphatic heterocycles. The molecule has 2 aromatic carbocycles. The predicted octanol–water partition coefficient (Wildman–Crippen LogP) is 3.31. The van der Waals surface area contributed by atoms with E-state index >= 15 is 0 Å². The van der Waals surface area contributed by atoms with Crippen LogP contribution in [0.5, 0.6) is 5.75 Å². The van der Waals surface area contributed by atoms with E-state index in [2.05, 4.69) is 0 Å². The number of nitrogens with zero attached hydrogens (tertiary/aromatic N) is 1. The van der Waals surface area contributed by atoms with Gasteiger partial charge in [0, 0.05) is 0 Å². The molecule has 0 aromatic heterocycles. The summed E-state index contributed by atoms with van der Waals surface area (Å²) in [6, 6.07) is 16.5. The molecule has 0 unspecified atom stereocenters. The summed E-state index contributed by atoms with van der Waals surface area (Å²) in [5, 5.41) is 9.21. The molecule has 0 radical (unpaired) electrons. The highest BCUT2D eigenvalue weighted by molar-refractivity contribution is 6.32. The molecule has 0 fully saturated rings. The Labute approximate surface area is 133 Å². The van der Waals surface area contributed by atoms with Gasteiger partial charge in [-0.1, -0.05) is 48.0 Å². The molecule has 1 amide bonds. The topological polar surface area (TPSA) is 76.1 Å². The summed E-state index contributed by atoms with van der Waals surface area (Å²) in [5.41, 5.74) is 6.59. The van der Waals surface area contributed by atoms with Gasteiger partial charge < -0.3 is 10.5 Å². The van der Waals surface area contributed by atoms with Crippen molar-refractivity contribution in [2.45, 2.75) is 6.61 Å². The number of carbonyl (C=O) groups is 1. The van der Waals surface area contributed by atoms with Crippen molar-refractivity contribution in [3.8, 4) is 11.8 Å². The minimum atomic E-state index is -0.775. The van der Waals surface area contributed by atoms with Gasteiger partial charge in [-0.05, 0) is 29.3 Å². The highest BCUT2D eigenvalue weighted by Gasteiger charge is 2.06. The van der Waals surface area contributed by atoms with Gasteiger partial charge in [0.2, 0.25) is 0 Å². The quantitative estimate of drug-likeness (QED) is 0.679. The van der Waals surface area contributed by atoms with Crippen LogP contribution >= 0.6 is 11.6 Å². The summed E-state index contributed by atoms with van der Waals surface area (Å²) < 4.78 is 5.65. The fraction of sp³-hybridized carbons (Fsp3) is 0.0588. The number of rotatable bonds is 5. The predicted molar refractivity (Wildman–Crippen MR) is 85.0 cm³/mol. The molecule has 110 valence electrons. The molecule has 0 saturated heterocycles. The average molecular weight is 313 g/mol. The van der Waals surface area contributed by atoms with E-state index in [1.165, 1.54) is 6.08 Å². The van der Waals surface area contributed by atoms with E-state index in [1.807, 2.05) is 30.3 Å². The average Bonchev–Trinajstić information content (AvgIpc) is 2.52. The molecular weight excluding hydrogens is 300 g/mol. The van der Waals surface area contributed by atoms with E-state index in [4.69, 9.17) is 27.3 Å². The van der Waals surface area contributed by atoms with E-state index in [1.54, 1.807) is 24.3 Å². The Morgan fingerprint density at radius 1 is 1.27 bits per heavy atom. The number of carbonyl (C=O) groups excluding carboxylic acids is 1. The van der Waals surface area contributed by atoms with Gasteiger partial charge in [0.1, 0.15) is 24.0 Å². The second-order valence-electron chi connectivity index (χ2n) is 4.50. The number of primary amides is 1. The lowest BCUT2D eigenvalue weighted by Crippen LogP contribution is -2.12. The van der Waals surface area contributed by atoms with Crippen LogP contribution in [-0.4, -0.2) is 5.91 Å². The summed E-state index contributed by atoms with van der Waals surface area (Å²) in [6.07, 6.45) is 1.38. The van der Waals surface area contributed by atoms with Gasteiger partial charge in [0.25, 0.3) is 5.91 Å². The summed E-state index contributed by atoms with van der Waals surface area (Å²) in [6.45, 7) is 0.403. The Morgan fingerprint density at radius 3 is 2.59 bits per heavy atom. The first-order valence-electron chi connectivity index (χ1n) is 6.48. The first kappa shape index (κ1) is 15.6. The minimum absolute atomic E-state index is 0.131. The number of hydrogen-bond acceptors (Lipinski definition) is 3. The number of amides is 1. The maximum absolute atomic E-state index is 11.0. The highest BCUT2D eigenvalue weighted by atomic mass is 35.5. The standard InChI is InChI=1S/C17H13ClN2O2/c18-15-9-13(8-14(10-19)17(20)21)6-7-16(15)22-11-12-4-2-1-3-5-12/h1-9H,11H2,(H2,20,21)/b14-8-. The van der Waals surface area contributed by atoms with Crippen molar-refractivity contribution in [2.75, 3.05) is 0 Å². The Hall–Kier alpha value is -2.77. The molecule has 2 aromatic rings. The van der Waals surface area contributed by atoms with Crippen molar-refractivity contribution < 1.29 is 9.53 Å². The van der Waals surface area contributed by atoms with Gasteiger partial charge in [-0.15, -0.1) is 0 Å². The lowest BCUT2D eigenvalue weighted by Gasteiger charge is -2.08. The monoisotopic (exact) mass is 312 g/mol. The van der Waals surface area contributed by atoms with Gasteiger partial charge in [-0.2, -0.15) is 5.26 Å². The van der Waals surface area contributed by atoms with Crippen LogP contribution in [0.4, 0.5) is 0 Å². The Morgan fingerprint density at radius 2 is 2.00 bits per heavy atom. The van der Waals surface area contributed by atoms with Gasteiger partial charge in [0.05, 0.1) is 5.02 Å². The second-order valence-corrected chi connectivity index (χ2v) is 4.91. The molecule has 5 heteroatoms. The molecule has 0 aliphatic carbocycles. The third-order valence-corrected chi connectivity index (χ3v) is 3.19. The van der Waals surface area contributed by atoms with Crippen LogP contribution in [0.2, 0.25) is 5.02 Å². The van der Waals surface area contributed by atoms with Crippen LogP contribution in [0.1, 0.15) is 11.1 Å². The minimum Gasteiger partial charge on any atom is -0.487 e. The molecule has 0 aliphatic rings. The van der Waals surface area contributed by atoms with Crippen molar-refractivity contribution in [2.24, 2.45) is 5.73 Å². The lowest BCUT2D eigenvalue weighted by atomic mass is 10.1. The van der Waals surface area contributed by atoms with Crippen molar-refractivity contribution >= 4 is 23.6 Å². The number of nitriles is 1. The number of benzene rings is 2. The van der Waals surface area contributed by atoms with Gasteiger partial charge in [0.15, 0.2) is 0 Å². The maximum atomic E-state index is 11.0. The summed E-state index contributed by atoms with van der Waals surface area (Å²) in [4.78, 5) is 11.0. The highest BCUT2D eigenvalue weighted by Crippen LogP contribution is 2.27. The fourth-order valence-corrected chi connectivity index (χ4v) is 2.03. The normalized spacial score (nSPS) is 10.8. The smallest absolute Gasteiger partial charge is 0.259 e. The van der Waals surface area contributed by atoms with Gasteiger partial charge in [-0.25, -0.2) is 0 Å². The van der Waals surface area contributed by atoms with Crippen LogP contribution in [0, 0.1) is 11.3 Å². The zero-order valence-corrected chi connectivity index (χ0v) is 12.4. The van der Waals surface area contributed by atoms with Crippen molar-refractivity contribution in [1.29, 1.82) is 5.26 Å². The molecule has 0 heterocycles. The van der Waals surface area contributed by atoms with Crippen LogP contribution in [0.25, 0.3) is 6.08 Å². The van der Waals surface area contributed by atoms with E-state index < -0.39 is 5.91 Å². The molecule has 2 N–H and O–H groups in total. The van der Waals surface area contributed by atoms with Crippen molar-refractivity contribution in [1.82, 2.24) is 0 Å². The van der Waals surface area contributed by atoms with Crippen LogP contribution in [0.3, 0.4) is 0 Å². The Kier molecular flexibility index (Phi) is 5.18. The van der Waals surface area contributed by atoms with E-state index in [9.17, 15) is 4.79 Å². The summed E-state index contributed by atoms with van der Waals surface area (Å²) in [5.74, 6) is -0.247. The van der Waals surface area contributed by atoms with Crippen LogP contribution < -0.4 is 10.5 Å². The SMILES string of the molecule is N#C/C(=C/c1ccc(OCc2ccccc2)c(Cl)c1)C(N)=O. The zero-order chi connectivity index (χ0) is 15.9. The zero-order valence-electron chi connectivity index (χ0n) is 11.6. The Bertz CT molecular complexity index is 749. The molecule has 0 saturated carbocycles.